The number of ether oxygens (including phenoxy) is 2. The van der Waals surface area contributed by atoms with E-state index < -0.39 is 0 Å². The van der Waals surface area contributed by atoms with Gasteiger partial charge in [-0.05, 0) is 12.8 Å². The monoisotopic (exact) mass is 709 g/mol. The van der Waals surface area contributed by atoms with Crippen molar-refractivity contribution in [2.45, 2.75) is 277 Å². The minimum atomic E-state index is -0.152. The van der Waals surface area contributed by atoms with Gasteiger partial charge in [0.05, 0.1) is 13.2 Å². The van der Waals surface area contributed by atoms with Gasteiger partial charge < -0.3 is 14.6 Å². The van der Waals surface area contributed by atoms with E-state index in [9.17, 15) is 5.11 Å². The van der Waals surface area contributed by atoms with Gasteiger partial charge in [0.2, 0.25) is 0 Å². The van der Waals surface area contributed by atoms with Crippen LogP contribution in [0.2, 0.25) is 0 Å². The lowest BCUT2D eigenvalue weighted by atomic mass is 10.0. The number of hydrogen-bond donors (Lipinski definition) is 1. The van der Waals surface area contributed by atoms with Crippen LogP contribution in [-0.2, 0) is 9.47 Å². The summed E-state index contributed by atoms with van der Waals surface area (Å²) < 4.78 is 11.7. The van der Waals surface area contributed by atoms with Gasteiger partial charge in [-0.3, -0.25) is 0 Å². The van der Waals surface area contributed by atoms with Crippen LogP contribution >= 0.6 is 0 Å². The molecule has 0 aliphatic heterocycles. The van der Waals surface area contributed by atoms with Crippen LogP contribution < -0.4 is 0 Å². The van der Waals surface area contributed by atoms with Crippen molar-refractivity contribution in [2.75, 3.05) is 26.4 Å². The highest BCUT2D eigenvalue weighted by Crippen LogP contribution is 2.17. The Labute approximate surface area is 317 Å². The molecule has 0 aromatic carbocycles. The largest absolute Gasteiger partial charge is 0.394 e. The Hall–Kier alpha value is -0.120. The molecule has 0 saturated carbocycles. The lowest BCUT2D eigenvalue weighted by Crippen LogP contribution is -2.24. The third-order valence-corrected chi connectivity index (χ3v) is 11.0. The minimum absolute atomic E-state index is 0.0679. The third kappa shape index (κ3) is 44.0. The summed E-state index contributed by atoms with van der Waals surface area (Å²) in [6, 6.07) is 0. The van der Waals surface area contributed by atoms with E-state index >= 15 is 0 Å². The summed E-state index contributed by atoms with van der Waals surface area (Å²) in [5.74, 6) is 0. The second-order valence-corrected chi connectivity index (χ2v) is 16.2. The minimum Gasteiger partial charge on any atom is -0.394 e. The lowest BCUT2D eigenvalue weighted by molar-refractivity contribution is -0.0437. The molecule has 302 valence electrons. The maximum atomic E-state index is 9.66. The van der Waals surface area contributed by atoms with Gasteiger partial charge in [-0.2, -0.15) is 0 Å². The number of aliphatic hydroxyl groups is 1. The standard InChI is InChI=1S/C47H96O3/c1-3-5-7-9-11-13-15-17-19-21-23-25-27-29-31-33-35-37-39-41-43-49-46-47(45-48)50-44-42-40-38-36-34-32-30-28-26-24-22-20-18-16-14-12-10-8-6-4-2/h47-48H,3-46H2,1-2H3/t47-/m0/s1. The summed E-state index contributed by atoms with van der Waals surface area (Å²) in [7, 11) is 0. The van der Waals surface area contributed by atoms with Crippen molar-refractivity contribution in [3.8, 4) is 0 Å². The summed E-state index contributed by atoms with van der Waals surface area (Å²) >= 11 is 0. The summed E-state index contributed by atoms with van der Waals surface area (Å²) in [5, 5.41) is 9.66. The van der Waals surface area contributed by atoms with Gasteiger partial charge in [-0.25, -0.2) is 0 Å². The van der Waals surface area contributed by atoms with Crippen LogP contribution in [0.5, 0.6) is 0 Å². The maximum Gasteiger partial charge on any atom is 0.104 e. The molecule has 0 saturated heterocycles. The molecule has 3 nitrogen and oxygen atoms in total. The van der Waals surface area contributed by atoms with E-state index in [1.165, 1.54) is 244 Å². The molecule has 1 atom stereocenters. The molecule has 0 radical (unpaired) electrons. The van der Waals surface area contributed by atoms with Crippen LogP contribution in [-0.4, -0.2) is 37.6 Å². The van der Waals surface area contributed by atoms with Gasteiger partial charge in [0.25, 0.3) is 0 Å². The normalized spacial score (nSPS) is 12.3. The zero-order valence-corrected chi connectivity index (χ0v) is 35.0. The van der Waals surface area contributed by atoms with Gasteiger partial charge in [0.1, 0.15) is 6.10 Å². The lowest BCUT2D eigenvalue weighted by Gasteiger charge is -2.15. The van der Waals surface area contributed by atoms with Crippen molar-refractivity contribution in [2.24, 2.45) is 0 Å². The molecule has 0 heterocycles. The number of hydrogen-bond acceptors (Lipinski definition) is 3. The fourth-order valence-corrected chi connectivity index (χ4v) is 7.43. The average Bonchev–Trinajstić information content (AvgIpc) is 3.13. The molecular formula is C47H96O3. The van der Waals surface area contributed by atoms with Gasteiger partial charge in [0, 0.05) is 13.2 Å². The molecule has 0 aromatic rings. The van der Waals surface area contributed by atoms with Crippen LogP contribution in [0.3, 0.4) is 0 Å². The van der Waals surface area contributed by atoms with Crippen molar-refractivity contribution in [1.29, 1.82) is 0 Å². The maximum absolute atomic E-state index is 9.66. The molecular weight excluding hydrogens is 613 g/mol. The molecule has 0 spiro atoms. The zero-order chi connectivity index (χ0) is 36.1. The Bertz CT molecular complexity index is 567. The van der Waals surface area contributed by atoms with Crippen molar-refractivity contribution >= 4 is 0 Å². The molecule has 0 fully saturated rings. The summed E-state index contributed by atoms with van der Waals surface area (Å²) in [6.45, 7) is 6.77. The first-order valence-corrected chi connectivity index (χ1v) is 23.6. The second-order valence-electron chi connectivity index (χ2n) is 16.2. The third-order valence-electron chi connectivity index (χ3n) is 11.0. The Morgan fingerprint density at radius 2 is 0.520 bits per heavy atom. The van der Waals surface area contributed by atoms with Crippen LogP contribution in [0.15, 0.2) is 0 Å². The molecule has 0 aliphatic rings. The highest BCUT2D eigenvalue weighted by Gasteiger charge is 2.07. The summed E-state index contributed by atoms with van der Waals surface area (Å²) in [5.41, 5.74) is 0. The topological polar surface area (TPSA) is 38.7 Å². The van der Waals surface area contributed by atoms with Crippen molar-refractivity contribution in [1.82, 2.24) is 0 Å². The summed E-state index contributed by atoms with van der Waals surface area (Å²) in [6.07, 6.45) is 56.2. The highest BCUT2D eigenvalue weighted by atomic mass is 16.5. The number of aliphatic hydroxyl groups excluding tert-OH is 1. The first-order valence-electron chi connectivity index (χ1n) is 23.6. The van der Waals surface area contributed by atoms with Gasteiger partial charge in [-0.15, -0.1) is 0 Å². The molecule has 0 rings (SSSR count). The smallest absolute Gasteiger partial charge is 0.104 e. The first-order chi connectivity index (χ1) is 24.8. The van der Waals surface area contributed by atoms with E-state index in [1.54, 1.807) is 0 Å². The first kappa shape index (κ1) is 49.9. The highest BCUT2D eigenvalue weighted by molar-refractivity contribution is 4.56. The quantitative estimate of drug-likeness (QED) is 0.0640. The Morgan fingerprint density at radius 3 is 0.760 bits per heavy atom. The summed E-state index contributed by atoms with van der Waals surface area (Å²) in [4.78, 5) is 0. The van der Waals surface area contributed by atoms with E-state index in [-0.39, 0.29) is 12.7 Å². The van der Waals surface area contributed by atoms with E-state index in [0.717, 1.165) is 26.1 Å². The second kappa shape index (κ2) is 46.9. The predicted octanol–water partition coefficient (Wildman–Crippen LogP) is 16.0. The SMILES string of the molecule is CCCCCCCCCCCCCCCCCCCCCCOC[C@H](CO)OCCCCCCCCCCCCCCCCCCCCCC. The van der Waals surface area contributed by atoms with Gasteiger partial charge in [0.15, 0.2) is 0 Å². The molecule has 0 aromatic heterocycles. The average molecular weight is 709 g/mol. The number of rotatable bonds is 46. The Kier molecular flexibility index (Phi) is 46.8. The van der Waals surface area contributed by atoms with Crippen molar-refractivity contribution < 1.29 is 14.6 Å². The molecule has 0 unspecified atom stereocenters. The van der Waals surface area contributed by atoms with Crippen LogP contribution in [0.4, 0.5) is 0 Å². The Morgan fingerprint density at radius 1 is 0.300 bits per heavy atom. The Balaban J connectivity index is 3.23. The van der Waals surface area contributed by atoms with Gasteiger partial charge in [-0.1, -0.05) is 258 Å². The molecule has 1 N–H and O–H groups in total. The zero-order valence-electron chi connectivity index (χ0n) is 35.0. The van der Waals surface area contributed by atoms with Crippen LogP contribution in [0.25, 0.3) is 0 Å². The fourth-order valence-electron chi connectivity index (χ4n) is 7.43. The van der Waals surface area contributed by atoms with E-state index in [2.05, 4.69) is 13.8 Å². The van der Waals surface area contributed by atoms with Crippen LogP contribution in [0, 0.1) is 0 Å². The van der Waals surface area contributed by atoms with Gasteiger partial charge >= 0.3 is 0 Å². The van der Waals surface area contributed by atoms with Crippen molar-refractivity contribution in [3.05, 3.63) is 0 Å². The predicted molar refractivity (Wildman–Crippen MR) is 224 cm³/mol. The van der Waals surface area contributed by atoms with Crippen molar-refractivity contribution in [3.63, 3.8) is 0 Å². The molecule has 0 amide bonds. The molecule has 50 heavy (non-hydrogen) atoms. The molecule has 0 bridgehead atoms. The van der Waals surface area contributed by atoms with E-state index in [1.807, 2.05) is 0 Å². The molecule has 3 heteroatoms. The molecule has 0 aliphatic carbocycles. The van der Waals surface area contributed by atoms with E-state index in [0.29, 0.717) is 6.61 Å². The number of unbranched alkanes of at least 4 members (excludes halogenated alkanes) is 38. The van der Waals surface area contributed by atoms with E-state index in [4.69, 9.17) is 9.47 Å². The van der Waals surface area contributed by atoms with Crippen LogP contribution in [0.1, 0.15) is 271 Å². The fraction of sp³-hybridized carbons (Fsp3) is 1.00.